The second kappa shape index (κ2) is 7.87. The molecule has 1 aromatic carbocycles. The van der Waals surface area contributed by atoms with Crippen molar-refractivity contribution in [1.82, 2.24) is 5.43 Å². The molecule has 13 heteroatoms. The molecule has 0 aliphatic carbocycles. The first-order chi connectivity index (χ1) is 9.95. The largest absolute Gasteiger partial charge is 0.504 e. The zero-order valence-electron chi connectivity index (χ0n) is 11.1. The molecule has 0 atom stereocenters. The van der Waals surface area contributed by atoms with Crippen LogP contribution in [-0.2, 0) is 10.4 Å². The Bertz CT molecular complexity index is 660. The molecule has 0 fully saturated rings. The Morgan fingerprint density at radius 3 is 2.18 bits per heavy atom. The number of amides is 1. The van der Waals surface area contributed by atoms with E-state index in [1.165, 1.54) is 13.2 Å². The number of nitrogens with one attached hydrogen (secondary N) is 1. The smallest absolute Gasteiger partial charge is 0.394 e. The van der Waals surface area contributed by atoms with Gasteiger partial charge in [0, 0.05) is 5.56 Å². The van der Waals surface area contributed by atoms with Gasteiger partial charge in [0.15, 0.2) is 11.5 Å². The molecule has 1 rings (SSSR count). The lowest BCUT2D eigenvalue weighted by Gasteiger charge is -2.07. The van der Waals surface area contributed by atoms with Crippen molar-refractivity contribution in [3.8, 4) is 17.2 Å². The van der Waals surface area contributed by atoms with E-state index in [0.29, 0.717) is 0 Å². The maximum absolute atomic E-state index is 11.5. The van der Waals surface area contributed by atoms with Crippen LogP contribution in [0.1, 0.15) is 10.4 Å². The van der Waals surface area contributed by atoms with Gasteiger partial charge in [-0.25, -0.2) is 5.43 Å². The van der Waals surface area contributed by atoms with Crippen LogP contribution < -0.4 is 21.6 Å². The van der Waals surface area contributed by atoms with Crippen LogP contribution in [0.2, 0.25) is 0 Å². The van der Waals surface area contributed by atoms with Crippen LogP contribution in [0.15, 0.2) is 17.2 Å². The normalized spacial score (nSPS) is 9.95. The molecule has 0 bridgehead atoms. The summed E-state index contributed by atoms with van der Waals surface area (Å²) < 4.78 is 36.4. The number of nitrogens with zero attached hydrogens (tertiary/aromatic N) is 1. The monoisotopic (exact) mass is 338 g/mol. The molecule has 0 saturated carbocycles. The van der Waals surface area contributed by atoms with Crippen LogP contribution in [0.3, 0.4) is 0 Å². The topological polar surface area (TPSA) is 218 Å². The van der Waals surface area contributed by atoms with Gasteiger partial charge >= 0.3 is 10.4 Å². The number of carbonyl (C=O) groups is 1. The second-order valence-corrected chi connectivity index (χ2v) is 4.37. The van der Waals surface area contributed by atoms with Crippen molar-refractivity contribution >= 4 is 22.3 Å². The summed E-state index contributed by atoms with van der Waals surface area (Å²) in [5.74, 6) is -1.95. The standard InChI is InChI=1S/C9H12N4O4.H2O4S/c1-17-6-3-4(2-5(14)7(6)15)8(16)12-13-9(10)11;1-5(2,3)4/h2-3,14-15H,1H3,(H,12,16)(H4,10,11,13);(H2,1,2,3,4). The highest BCUT2D eigenvalue weighted by molar-refractivity contribution is 7.79. The molecule has 0 spiro atoms. The summed E-state index contributed by atoms with van der Waals surface area (Å²) in [5, 5.41) is 22.0. The van der Waals surface area contributed by atoms with Crippen LogP contribution in [0.25, 0.3) is 0 Å². The summed E-state index contributed by atoms with van der Waals surface area (Å²) in [6, 6.07) is 2.28. The Labute approximate surface area is 124 Å². The average Bonchev–Trinajstić information content (AvgIpc) is 2.37. The van der Waals surface area contributed by atoms with Crippen molar-refractivity contribution in [2.75, 3.05) is 7.11 Å². The quantitative estimate of drug-likeness (QED) is 0.110. The highest BCUT2D eigenvalue weighted by Gasteiger charge is 2.14. The lowest BCUT2D eigenvalue weighted by Crippen LogP contribution is -2.29. The summed E-state index contributed by atoms with van der Waals surface area (Å²) >= 11 is 0. The summed E-state index contributed by atoms with van der Waals surface area (Å²) in [4.78, 5) is 11.5. The Morgan fingerprint density at radius 1 is 1.27 bits per heavy atom. The van der Waals surface area contributed by atoms with Crippen LogP contribution in [0.4, 0.5) is 0 Å². The first kappa shape index (κ1) is 19.2. The Morgan fingerprint density at radius 2 is 1.77 bits per heavy atom. The molecule has 1 amide bonds. The molecule has 0 aromatic heterocycles. The number of nitrogens with two attached hydrogens (primary N) is 2. The molecule has 0 aliphatic rings. The number of rotatable bonds is 3. The van der Waals surface area contributed by atoms with Crippen molar-refractivity contribution in [1.29, 1.82) is 0 Å². The predicted octanol–water partition coefficient (Wildman–Crippen LogP) is -1.63. The molecule has 0 radical (unpaired) electrons. The number of carbonyl (C=O) groups excluding carboxylic acids is 1. The third-order valence-corrected chi connectivity index (χ3v) is 1.82. The number of methoxy groups -OCH3 is 1. The van der Waals surface area contributed by atoms with Gasteiger partial charge in [0.25, 0.3) is 5.91 Å². The number of hydrogen-bond donors (Lipinski definition) is 7. The van der Waals surface area contributed by atoms with Gasteiger partial charge in [-0.2, -0.15) is 8.42 Å². The van der Waals surface area contributed by atoms with Gasteiger partial charge in [-0.3, -0.25) is 13.9 Å². The van der Waals surface area contributed by atoms with E-state index < -0.39 is 27.8 Å². The third-order valence-electron chi connectivity index (χ3n) is 1.82. The first-order valence-electron chi connectivity index (χ1n) is 5.14. The second-order valence-electron chi connectivity index (χ2n) is 3.47. The summed E-state index contributed by atoms with van der Waals surface area (Å²) in [6.45, 7) is 0. The van der Waals surface area contributed by atoms with E-state index in [1.807, 2.05) is 5.43 Å². The molecule has 0 saturated heterocycles. The van der Waals surface area contributed by atoms with Crippen LogP contribution in [0.5, 0.6) is 17.2 Å². The van der Waals surface area contributed by atoms with E-state index in [-0.39, 0.29) is 17.3 Å². The first-order valence-corrected chi connectivity index (χ1v) is 6.54. The molecule has 12 nitrogen and oxygen atoms in total. The number of hydrogen-bond acceptors (Lipinski definition) is 7. The highest BCUT2D eigenvalue weighted by atomic mass is 32.3. The fourth-order valence-electron chi connectivity index (χ4n) is 1.06. The minimum absolute atomic E-state index is 0.0298. The molecule has 22 heavy (non-hydrogen) atoms. The van der Waals surface area contributed by atoms with Gasteiger partial charge in [-0.15, -0.1) is 5.10 Å². The SMILES string of the molecule is COc1cc(C(=O)NN=C(N)N)cc(O)c1O.O=S(=O)(O)O. The molecular weight excluding hydrogens is 324 g/mol. The van der Waals surface area contributed by atoms with Crippen molar-refractivity contribution in [3.63, 3.8) is 0 Å². The van der Waals surface area contributed by atoms with Crippen molar-refractivity contribution < 1.29 is 37.3 Å². The van der Waals surface area contributed by atoms with Gasteiger partial charge in [-0.1, -0.05) is 0 Å². The lowest BCUT2D eigenvalue weighted by molar-refractivity contribution is 0.0953. The lowest BCUT2D eigenvalue weighted by atomic mass is 10.2. The highest BCUT2D eigenvalue weighted by Crippen LogP contribution is 2.36. The molecule has 0 heterocycles. The number of benzene rings is 1. The average molecular weight is 338 g/mol. The summed E-state index contributed by atoms with van der Waals surface area (Å²) in [7, 11) is -3.38. The molecule has 0 unspecified atom stereocenters. The van der Waals surface area contributed by atoms with E-state index in [4.69, 9.17) is 33.7 Å². The van der Waals surface area contributed by atoms with Crippen LogP contribution >= 0.6 is 0 Å². The van der Waals surface area contributed by atoms with Crippen molar-refractivity contribution in [2.24, 2.45) is 16.6 Å². The van der Waals surface area contributed by atoms with Gasteiger partial charge in [0.2, 0.25) is 11.7 Å². The fraction of sp³-hybridized carbons (Fsp3) is 0.111. The number of phenols is 2. The van der Waals surface area contributed by atoms with Crippen molar-refractivity contribution in [2.45, 2.75) is 0 Å². The van der Waals surface area contributed by atoms with Gasteiger partial charge in [0.1, 0.15) is 0 Å². The number of guanidine groups is 1. The molecule has 9 N–H and O–H groups in total. The molecule has 0 aliphatic heterocycles. The Balaban J connectivity index is 0.000000763. The van der Waals surface area contributed by atoms with Gasteiger partial charge < -0.3 is 26.4 Å². The molecular formula is C9H14N4O8S. The predicted molar refractivity (Wildman–Crippen MR) is 73.8 cm³/mol. The van der Waals surface area contributed by atoms with E-state index in [0.717, 1.165) is 6.07 Å². The van der Waals surface area contributed by atoms with Gasteiger partial charge in [0.05, 0.1) is 7.11 Å². The maximum atomic E-state index is 11.5. The van der Waals surface area contributed by atoms with Gasteiger partial charge in [-0.05, 0) is 12.1 Å². The molecule has 1 aromatic rings. The number of ether oxygens (including phenoxy) is 1. The third kappa shape index (κ3) is 7.73. The zero-order chi connectivity index (χ0) is 17.5. The van der Waals surface area contributed by atoms with Crippen molar-refractivity contribution in [3.05, 3.63) is 17.7 Å². The number of hydrazone groups is 1. The van der Waals surface area contributed by atoms with Crippen LogP contribution in [0, 0.1) is 0 Å². The Hall–Kier alpha value is -2.77. The van der Waals surface area contributed by atoms with Crippen LogP contribution in [-0.4, -0.2) is 46.7 Å². The minimum Gasteiger partial charge on any atom is -0.504 e. The number of phenolic OH excluding ortho intramolecular Hbond substituents is 2. The fourth-order valence-corrected chi connectivity index (χ4v) is 1.06. The maximum Gasteiger partial charge on any atom is 0.394 e. The summed E-state index contributed by atoms with van der Waals surface area (Å²) in [5.41, 5.74) is 12.1. The van der Waals surface area contributed by atoms with E-state index in [2.05, 4.69) is 5.10 Å². The zero-order valence-corrected chi connectivity index (χ0v) is 11.9. The van der Waals surface area contributed by atoms with E-state index >= 15 is 0 Å². The summed E-state index contributed by atoms with van der Waals surface area (Å²) in [6.07, 6.45) is 0. The molecule has 124 valence electrons. The minimum atomic E-state index is -4.67. The van der Waals surface area contributed by atoms with E-state index in [9.17, 15) is 15.0 Å². The van der Waals surface area contributed by atoms with E-state index in [1.54, 1.807) is 0 Å². The Kier molecular flexibility index (Phi) is 6.88. The number of aromatic hydroxyl groups is 2.